The molecule has 0 aromatic rings. The molecule has 0 spiro atoms. The normalized spacial score (nSPS) is 17.9. The Morgan fingerprint density at radius 3 is 2.33 bits per heavy atom. The topological polar surface area (TPSA) is 64.6 Å². The molecule has 1 N–H and O–H groups in total. The maximum Gasteiger partial charge on any atom is 0.407 e. The molecule has 0 aliphatic heterocycles. The molecule has 0 aromatic heterocycles. The molecule has 1 fully saturated rings. The first kappa shape index (κ1) is 17.8. The highest BCUT2D eigenvalue weighted by Gasteiger charge is 2.27. The van der Waals surface area contributed by atoms with Gasteiger partial charge in [0.05, 0.1) is 7.11 Å². The zero-order valence-corrected chi connectivity index (χ0v) is 13.7. The largest absolute Gasteiger partial charge is 0.460 e. The molecule has 1 atom stereocenters. The van der Waals surface area contributed by atoms with Crippen LogP contribution in [0.1, 0.15) is 65.7 Å². The molecule has 1 amide bonds. The van der Waals surface area contributed by atoms with Crippen molar-refractivity contribution in [3.05, 3.63) is 0 Å². The Morgan fingerprint density at radius 1 is 1.19 bits per heavy atom. The Balaban J connectivity index is 2.51. The molecule has 1 unspecified atom stereocenters. The molecule has 0 bridgehead atoms. The number of esters is 1. The van der Waals surface area contributed by atoms with E-state index in [1.165, 1.54) is 26.4 Å². The zero-order valence-electron chi connectivity index (χ0n) is 13.7. The van der Waals surface area contributed by atoms with E-state index in [1.54, 1.807) is 0 Å². The van der Waals surface area contributed by atoms with Gasteiger partial charge in [0.25, 0.3) is 0 Å². The lowest BCUT2D eigenvalue weighted by atomic mass is 9.82. The highest BCUT2D eigenvalue weighted by molar-refractivity contribution is 5.70. The van der Waals surface area contributed by atoms with Gasteiger partial charge in [0.1, 0.15) is 5.60 Å². The zero-order chi connectivity index (χ0) is 15.9. The van der Waals surface area contributed by atoms with Gasteiger partial charge in [-0.1, -0.05) is 19.3 Å². The number of nitrogens with one attached hydrogen (secondary N) is 1. The number of amides is 1. The second-order valence-electron chi connectivity index (χ2n) is 6.77. The van der Waals surface area contributed by atoms with Crippen molar-refractivity contribution in [2.45, 2.75) is 77.4 Å². The number of carbonyl (C=O) groups excluding carboxylic acids is 2. The van der Waals surface area contributed by atoms with E-state index in [2.05, 4.69) is 5.32 Å². The Kier molecular flexibility index (Phi) is 6.99. The molecule has 0 heterocycles. The molecule has 1 aliphatic carbocycles. The summed E-state index contributed by atoms with van der Waals surface area (Å²) in [4.78, 5) is 23.3. The lowest BCUT2D eigenvalue weighted by Crippen LogP contribution is -2.41. The lowest BCUT2D eigenvalue weighted by molar-refractivity contribution is -0.155. The molecular weight excluding hydrogens is 270 g/mol. The van der Waals surface area contributed by atoms with Crippen LogP contribution in [0.5, 0.6) is 0 Å². The van der Waals surface area contributed by atoms with Gasteiger partial charge in [0.15, 0.2) is 0 Å². The van der Waals surface area contributed by atoms with Crippen molar-refractivity contribution in [3.63, 3.8) is 0 Å². The molecule has 1 aliphatic rings. The summed E-state index contributed by atoms with van der Waals surface area (Å²) in [6, 6.07) is -0.00901. The SMILES string of the molecule is COC(=O)NC(CCC(=O)OC(C)(C)C)C1CCCCC1. The summed E-state index contributed by atoms with van der Waals surface area (Å²) in [6.07, 6.45) is 6.35. The van der Waals surface area contributed by atoms with Crippen molar-refractivity contribution in [3.8, 4) is 0 Å². The number of ether oxygens (including phenoxy) is 2. The Bertz CT molecular complexity index is 343. The average Bonchev–Trinajstić information content (AvgIpc) is 2.42. The number of hydrogen-bond donors (Lipinski definition) is 1. The summed E-state index contributed by atoms with van der Waals surface area (Å²) in [5.74, 6) is 0.218. The Labute approximate surface area is 127 Å². The van der Waals surface area contributed by atoms with Gasteiger partial charge in [-0.2, -0.15) is 0 Å². The van der Waals surface area contributed by atoms with Gasteiger partial charge in [-0.3, -0.25) is 4.79 Å². The summed E-state index contributed by atoms with van der Waals surface area (Å²) in [7, 11) is 1.36. The molecule has 5 heteroatoms. The predicted molar refractivity (Wildman–Crippen MR) is 81.0 cm³/mol. The van der Waals surface area contributed by atoms with Crippen molar-refractivity contribution in [1.29, 1.82) is 0 Å². The van der Waals surface area contributed by atoms with Crippen molar-refractivity contribution in [2.24, 2.45) is 5.92 Å². The molecule has 122 valence electrons. The summed E-state index contributed by atoms with van der Waals surface area (Å²) in [6.45, 7) is 5.57. The molecule has 1 rings (SSSR count). The first-order chi connectivity index (χ1) is 9.81. The smallest absolute Gasteiger partial charge is 0.407 e. The quantitative estimate of drug-likeness (QED) is 0.790. The number of rotatable bonds is 5. The van der Waals surface area contributed by atoms with Crippen molar-refractivity contribution in [1.82, 2.24) is 5.32 Å². The van der Waals surface area contributed by atoms with Crippen LogP contribution in [-0.4, -0.2) is 30.8 Å². The summed E-state index contributed by atoms with van der Waals surface area (Å²) in [5, 5.41) is 2.89. The predicted octanol–water partition coefficient (Wildman–Crippen LogP) is 3.41. The first-order valence-corrected chi connectivity index (χ1v) is 7.88. The van der Waals surface area contributed by atoms with Crippen LogP contribution in [0.3, 0.4) is 0 Å². The molecule has 0 radical (unpaired) electrons. The third-order valence-corrected chi connectivity index (χ3v) is 3.79. The lowest BCUT2D eigenvalue weighted by Gasteiger charge is -2.30. The number of alkyl carbamates (subject to hydrolysis) is 1. The molecule has 1 saturated carbocycles. The van der Waals surface area contributed by atoms with Crippen molar-refractivity contribution >= 4 is 12.1 Å². The van der Waals surface area contributed by atoms with E-state index in [0.29, 0.717) is 18.8 Å². The second kappa shape index (κ2) is 8.25. The van der Waals surface area contributed by atoms with Gasteiger partial charge in [-0.25, -0.2) is 4.79 Å². The second-order valence-corrected chi connectivity index (χ2v) is 6.77. The van der Waals surface area contributed by atoms with Crippen LogP contribution in [0.2, 0.25) is 0 Å². The highest BCUT2D eigenvalue weighted by atomic mass is 16.6. The van der Waals surface area contributed by atoms with Crippen LogP contribution in [-0.2, 0) is 14.3 Å². The van der Waals surface area contributed by atoms with Crippen molar-refractivity contribution < 1.29 is 19.1 Å². The molecule has 21 heavy (non-hydrogen) atoms. The fourth-order valence-corrected chi connectivity index (χ4v) is 2.84. The van der Waals surface area contributed by atoms with E-state index in [0.717, 1.165) is 12.8 Å². The van der Waals surface area contributed by atoms with E-state index in [4.69, 9.17) is 9.47 Å². The third-order valence-electron chi connectivity index (χ3n) is 3.79. The van der Waals surface area contributed by atoms with Crippen molar-refractivity contribution in [2.75, 3.05) is 7.11 Å². The molecule has 0 aromatic carbocycles. The van der Waals surface area contributed by atoms with E-state index < -0.39 is 11.7 Å². The van der Waals surface area contributed by atoms with E-state index >= 15 is 0 Å². The standard InChI is InChI=1S/C16H29NO4/c1-16(2,3)21-14(18)11-10-13(17-15(19)20-4)12-8-6-5-7-9-12/h12-13H,5-11H2,1-4H3,(H,17,19). The molecule has 0 saturated heterocycles. The highest BCUT2D eigenvalue weighted by Crippen LogP contribution is 2.28. The van der Waals surface area contributed by atoms with E-state index in [9.17, 15) is 9.59 Å². The van der Waals surface area contributed by atoms with E-state index in [1.807, 2.05) is 20.8 Å². The van der Waals surface area contributed by atoms with Gasteiger partial charge in [-0.15, -0.1) is 0 Å². The maximum atomic E-state index is 11.8. The summed E-state index contributed by atoms with van der Waals surface area (Å²) >= 11 is 0. The van der Waals surface area contributed by atoms with Crippen LogP contribution in [0.4, 0.5) is 4.79 Å². The monoisotopic (exact) mass is 299 g/mol. The number of hydrogen-bond acceptors (Lipinski definition) is 4. The van der Waals surface area contributed by atoms with Crippen LogP contribution in [0.25, 0.3) is 0 Å². The van der Waals surface area contributed by atoms with Crippen LogP contribution < -0.4 is 5.32 Å². The minimum Gasteiger partial charge on any atom is -0.460 e. The first-order valence-electron chi connectivity index (χ1n) is 7.88. The van der Waals surface area contributed by atoms with Crippen LogP contribution in [0.15, 0.2) is 0 Å². The minimum atomic E-state index is -0.465. The van der Waals surface area contributed by atoms with E-state index in [-0.39, 0.29) is 12.0 Å². The summed E-state index contributed by atoms with van der Waals surface area (Å²) < 4.78 is 10.0. The summed E-state index contributed by atoms with van der Waals surface area (Å²) in [5.41, 5.74) is -0.465. The van der Waals surface area contributed by atoms with Gasteiger partial charge in [0, 0.05) is 12.5 Å². The maximum absolute atomic E-state index is 11.8. The minimum absolute atomic E-state index is 0.00901. The fourth-order valence-electron chi connectivity index (χ4n) is 2.84. The fraction of sp³-hybridized carbons (Fsp3) is 0.875. The van der Waals surface area contributed by atoms with Gasteiger partial charge in [0.2, 0.25) is 0 Å². The average molecular weight is 299 g/mol. The van der Waals surface area contributed by atoms with Crippen LogP contribution in [0, 0.1) is 5.92 Å². The Morgan fingerprint density at radius 2 is 1.81 bits per heavy atom. The molecule has 5 nitrogen and oxygen atoms in total. The molecular formula is C16H29NO4. The van der Waals surface area contributed by atoms with Crippen LogP contribution >= 0.6 is 0 Å². The van der Waals surface area contributed by atoms with Gasteiger partial charge < -0.3 is 14.8 Å². The third kappa shape index (κ3) is 7.34. The number of methoxy groups -OCH3 is 1. The van der Waals surface area contributed by atoms with Gasteiger partial charge in [-0.05, 0) is 46.0 Å². The Hall–Kier alpha value is -1.26. The van der Waals surface area contributed by atoms with Gasteiger partial charge >= 0.3 is 12.1 Å². The number of carbonyl (C=O) groups is 2.